The van der Waals surface area contributed by atoms with E-state index in [2.05, 4.69) is 29.9 Å². The molecule has 0 aromatic carbocycles. The molecule has 0 saturated carbocycles. The van der Waals surface area contributed by atoms with Gasteiger partial charge in [-0.05, 0) is 13.0 Å². The number of rotatable bonds is 3. The van der Waals surface area contributed by atoms with Gasteiger partial charge in [-0.1, -0.05) is 0 Å². The molecule has 1 saturated heterocycles. The van der Waals surface area contributed by atoms with E-state index in [1.54, 1.807) is 24.8 Å². The third-order valence-corrected chi connectivity index (χ3v) is 4.54. The highest BCUT2D eigenvalue weighted by atomic mass is 16.1. The number of fused-ring (bicyclic) bond motifs is 1. The number of hydrogen-bond donors (Lipinski definition) is 0. The average molecular weight is 340 g/mol. The number of hydrogen-bond acceptors (Lipinski definition) is 7. The fourth-order valence-corrected chi connectivity index (χ4v) is 3.18. The smallest absolute Gasteiger partial charge is 0.266 e. The molecule has 0 bridgehead atoms. The summed E-state index contributed by atoms with van der Waals surface area (Å²) in [7, 11) is 1.95. The first kappa shape index (κ1) is 15.6. The lowest BCUT2D eigenvalue weighted by atomic mass is 10.3. The zero-order valence-corrected chi connectivity index (χ0v) is 14.3. The Hall–Kier alpha value is -2.97. The maximum atomic E-state index is 11.7. The van der Waals surface area contributed by atoms with Crippen LogP contribution in [-0.2, 0) is 13.6 Å². The molecule has 0 aliphatic carbocycles. The van der Waals surface area contributed by atoms with Gasteiger partial charge in [-0.3, -0.25) is 4.79 Å². The van der Waals surface area contributed by atoms with Crippen LogP contribution in [0.1, 0.15) is 6.92 Å². The van der Waals surface area contributed by atoms with Gasteiger partial charge in [0.05, 0.1) is 6.33 Å². The predicted molar refractivity (Wildman–Crippen MR) is 94.9 cm³/mol. The fourth-order valence-electron chi connectivity index (χ4n) is 3.18. The summed E-state index contributed by atoms with van der Waals surface area (Å²) in [5, 5.41) is 4.44. The molecule has 25 heavy (non-hydrogen) atoms. The monoisotopic (exact) mass is 340 g/mol. The van der Waals surface area contributed by atoms with E-state index in [9.17, 15) is 4.79 Å². The lowest BCUT2D eigenvalue weighted by Crippen LogP contribution is -2.47. The number of aryl methyl sites for hydroxylation is 2. The molecule has 0 atom stereocenters. The summed E-state index contributed by atoms with van der Waals surface area (Å²) >= 11 is 0. The Morgan fingerprint density at radius 2 is 1.80 bits per heavy atom. The highest BCUT2D eigenvalue weighted by Crippen LogP contribution is 2.23. The van der Waals surface area contributed by atoms with Crippen LogP contribution in [0.15, 0.2) is 29.6 Å². The lowest BCUT2D eigenvalue weighted by molar-refractivity contribution is 0.587. The van der Waals surface area contributed by atoms with Crippen LogP contribution in [0.2, 0.25) is 0 Å². The fraction of sp³-hybridized carbons (Fsp3) is 0.438. The van der Waals surface area contributed by atoms with Crippen molar-refractivity contribution in [3.05, 3.63) is 35.1 Å². The van der Waals surface area contributed by atoms with Crippen LogP contribution >= 0.6 is 0 Å². The lowest BCUT2D eigenvalue weighted by Gasteiger charge is -2.36. The van der Waals surface area contributed by atoms with Gasteiger partial charge in [-0.25, -0.2) is 19.6 Å². The molecule has 4 heterocycles. The number of nitrogens with zero attached hydrogens (tertiary/aromatic N) is 8. The summed E-state index contributed by atoms with van der Waals surface area (Å²) in [5.41, 5.74) is 1.60. The van der Waals surface area contributed by atoms with Crippen molar-refractivity contribution in [1.29, 1.82) is 0 Å². The van der Waals surface area contributed by atoms with Gasteiger partial charge in [0.25, 0.3) is 5.56 Å². The van der Waals surface area contributed by atoms with E-state index in [1.807, 2.05) is 18.5 Å². The average Bonchev–Trinajstić information content (AvgIpc) is 3.04. The molecular formula is C16H20N8O. The largest absolute Gasteiger partial charge is 0.352 e. The number of imidazole rings is 1. The van der Waals surface area contributed by atoms with Crippen molar-refractivity contribution < 1.29 is 0 Å². The van der Waals surface area contributed by atoms with Crippen molar-refractivity contribution in [2.75, 3.05) is 36.0 Å². The molecule has 1 fully saturated rings. The van der Waals surface area contributed by atoms with Crippen LogP contribution in [0, 0.1) is 0 Å². The molecule has 9 nitrogen and oxygen atoms in total. The van der Waals surface area contributed by atoms with Gasteiger partial charge in [0.1, 0.15) is 17.7 Å². The van der Waals surface area contributed by atoms with Gasteiger partial charge in [-0.2, -0.15) is 5.10 Å². The van der Waals surface area contributed by atoms with E-state index in [0.29, 0.717) is 12.2 Å². The Labute approximate surface area is 144 Å². The standard InChI is InChI=1S/C16H20N8O/c1-3-24-13(25)5-4-12(20-24)22-6-8-23(9-7-22)16-14-15(17-10-18-16)19-11-21(14)2/h4-5,10-11H,3,6-9H2,1-2H3. The van der Waals surface area contributed by atoms with Crippen molar-refractivity contribution in [2.24, 2.45) is 7.05 Å². The molecule has 0 radical (unpaired) electrons. The Morgan fingerprint density at radius 3 is 2.56 bits per heavy atom. The molecule has 1 aliphatic rings. The minimum Gasteiger partial charge on any atom is -0.352 e. The Kier molecular flexibility index (Phi) is 3.83. The van der Waals surface area contributed by atoms with Crippen LogP contribution < -0.4 is 15.4 Å². The Bertz CT molecular complexity index is 954. The topological polar surface area (TPSA) is 85.0 Å². The third kappa shape index (κ3) is 2.71. The predicted octanol–water partition coefficient (Wildman–Crippen LogP) is 0.266. The number of piperazine rings is 1. The Balaban J connectivity index is 1.55. The molecule has 3 aromatic rings. The maximum Gasteiger partial charge on any atom is 0.266 e. The maximum absolute atomic E-state index is 11.7. The second-order valence-corrected chi connectivity index (χ2v) is 6.04. The van der Waals surface area contributed by atoms with Crippen molar-refractivity contribution in [2.45, 2.75) is 13.5 Å². The zero-order valence-electron chi connectivity index (χ0n) is 14.3. The minimum absolute atomic E-state index is 0.0653. The van der Waals surface area contributed by atoms with Crippen LogP contribution in [0.25, 0.3) is 11.2 Å². The third-order valence-electron chi connectivity index (χ3n) is 4.54. The summed E-state index contributed by atoms with van der Waals surface area (Å²) < 4.78 is 3.45. The van der Waals surface area contributed by atoms with Crippen molar-refractivity contribution in [3.63, 3.8) is 0 Å². The first-order valence-corrected chi connectivity index (χ1v) is 8.37. The molecule has 4 rings (SSSR count). The van der Waals surface area contributed by atoms with Gasteiger partial charge >= 0.3 is 0 Å². The molecule has 0 N–H and O–H groups in total. The minimum atomic E-state index is -0.0653. The molecule has 0 spiro atoms. The van der Waals surface area contributed by atoms with E-state index < -0.39 is 0 Å². The van der Waals surface area contributed by atoms with Crippen LogP contribution in [0.5, 0.6) is 0 Å². The molecule has 1 aliphatic heterocycles. The molecule has 3 aromatic heterocycles. The second kappa shape index (κ2) is 6.15. The first-order chi connectivity index (χ1) is 12.2. The van der Waals surface area contributed by atoms with Crippen LogP contribution in [0.3, 0.4) is 0 Å². The molecule has 0 unspecified atom stereocenters. The second-order valence-electron chi connectivity index (χ2n) is 6.04. The zero-order chi connectivity index (χ0) is 17.4. The number of aromatic nitrogens is 6. The molecule has 130 valence electrons. The molecule has 0 amide bonds. The van der Waals surface area contributed by atoms with E-state index in [4.69, 9.17) is 0 Å². The summed E-state index contributed by atoms with van der Waals surface area (Å²) in [5.74, 6) is 1.76. The van der Waals surface area contributed by atoms with Gasteiger partial charge in [0.2, 0.25) is 0 Å². The highest BCUT2D eigenvalue weighted by molar-refractivity contribution is 5.83. The van der Waals surface area contributed by atoms with Crippen LogP contribution in [-0.4, -0.2) is 55.5 Å². The molecule has 9 heteroatoms. The number of anilines is 2. The highest BCUT2D eigenvalue weighted by Gasteiger charge is 2.22. The van der Waals surface area contributed by atoms with Gasteiger partial charge in [0, 0.05) is 45.8 Å². The normalized spacial score (nSPS) is 15.1. The summed E-state index contributed by atoms with van der Waals surface area (Å²) in [6, 6.07) is 3.38. The summed E-state index contributed by atoms with van der Waals surface area (Å²) in [4.78, 5) is 29.1. The van der Waals surface area contributed by atoms with Crippen molar-refractivity contribution >= 4 is 22.8 Å². The van der Waals surface area contributed by atoms with Crippen molar-refractivity contribution in [1.82, 2.24) is 29.3 Å². The Morgan fingerprint density at radius 1 is 1.04 bits per heavy atom. The van der Waals surface area contributed by atoms with Gasteiger partial charge in [0.15, 0.2) is 11.5 Å². The summed E-state index contributed by atoms with van der Waals surface area (Å²) in [6.07, 6.45) is 3.33. The van der Waals surface area contributed by atoms with E-state index in [-0.39, 0.29) is 5.56 Å². The van der Waals surface area contributed by atoms with E-state index in [0.717, 1.165) is 43.3 Å². The van der Waals surface area contributed by atoms with Gasteiger partial charge in [-0.15, -0.1) is 0 Å². The van der Waals surface area contributed by atoms with Gasteiger partial charge < -0.3 is 14.4 Å². The SMILES string of the molecule is CCn1nc(N2CCN(c3ncnc4ncn(C)c34)CC2)ccc1=O. The van der Waals surface area contributed by atoms with E-state index >= 15 is 0 Å². The quantitative estimate of drug-likeness (QED) is 0.676. The first-order valence-electron chi connectivity index (χ1n) is 8.37. The van der Waals surface area contributed by atoms with E-state index in [1.165, 1.54) is 4.68 Å². The summed E-state index contributed by atoms with van der Waals surface area (Å²) in [6.45, 7) is 5.78. The molecular weight excluding hydrogens is 320 g/mol. The van der Waals surface area contributed by atoms with Crippen LogP contribution in [0.4, 0.5) is 11.6 Å². The van der Waals surface area contributed by atoms with Crippen molar-refractivity contribution in [3.8, 4) is 0 Å².